The molecule has 1 nitrogen and oxygen atoms in total. The second kappa shape index (κ2) is 4.84. The molecule has 0 saturated carbocycles. The van der Waals surface area contributed by atoms with Gasteiger partial charge in [-0.1, -0.05) is 60.7 Å². The summed E-state index contributed by atoms with van der Waals surface area (Å²) in [6.45, 7) is 2.00. The predicted octanol–water partition coefficient (Wildman–Crippen LogP) is 3.71. The first-order valence-corrected chi connectivity index (χ1v) is 5.75. The SMILES string of the molecule is C[C@@](C#N)(Cc1ccccc1)c1ccccc1. The van der Waals surface area contributed by atoms with Crippen LogP contribution >= 0.6 is 0 Å². The molecule has 2 aromatic rings. The highest BCUT2D eigenvalue weighted by molar-refractivity contribution is 5.34. The van der Waals surface area contributed by atoms with Gasteiger partial charge in [0.2, 0.25) is 0 Å². The summed E-state index contributed by atoms with van der Waals surface area (Å²) in [5, 5.41) is 9.45. The Kier molecular flexibility index (Phi) is 3.25. The van der Waals surface area contributed by atoms with Gasteiger partial charge in [-0.05, 0) is 24.5 Å². The van der Waals surface area contributed by atoms with Crippen LogP contribution in [-0.2, 0) is 11.8 Å². The molecular weight excluding hydrogens is 206 g/mol. The van der Waals surface area contributed by atoms with E-state index in [9.17, 15) is 5.26 Å². The molecule has 84 valence electrons. The van der Waals surface area contributed by atoms with Crippen LogP contribution in [0.5, 0.6) is 0 Å². The predicted molar refractivity (Wildman–Crippen MR) is 69.6 cm³/mol. The van der Waals surface area contributed by atoms with Crippen molar-refractivity contribution in [1.82, 2.24) is 0 Å². The van der Waals surface area contributed by atoms with Crippen LogP contribution in [0.1, 0.15) is 18.1 Å². The first-order chi connectivity index (χ1) is 8.24. The van der Waals surface area contributed by atoms with Crippen molar-refractivity contribution in [2.24, 2.45) is 0 Å². The van der Waals surface area contributed by atoms with Gasteiger partial charge >= 0.3 is 0 Å². The van der Waals surface area contributed by atoms with Crippen LogP contribution in [0.3, 0.4) is 0 Å². The smallest absolute Gasteiger partial charge is 0.0834 e. The molecule has 0 amide bonds. The van der Waals surface area contributed by atoms with Crippen molar-refractivity contribution in [3.05, 3.63) is 71.8 Å². The summed E-state index contributed by atoms with van der Waals surface area (Å²) in [7, 11) is 0. The maximum absolute atomic E-state index is 9.45. The lowest BCUT2D eigenvalue weighted by Gasteiger charge is -2.22. The quantitative estimate of drug-likeness (QED) is 0.775. The van der Waals surface area contributed by atoms with E-state index < -0.39 is 5.41 Å². The van der Waals surface area contributed by atoms with E-state index in [-0.39, 0.29) is 0 Å². The third-order valence-corrected chi connectivity index (χ3v) is 3.06. The lowest BCUT2D eigenvalue weighted by atomic mass is 9.79. The average Bonchev–Trinajstić information content (AvgIpc) is 2.41. The first-order valence-electron chi connectivity index (χ1n) is 5.75. The number of hydrogen-bond acceptors (Lipinski definition) is 1. The Labute approximate surface area is 102 Å². The summed E-state index contributed by atoms with van der Waals surface area (Å²) in [6.07, 6.45) is 0.744. The highest BCUT2D eigenvalue weighted by Crippen LogP contribution is 2.27. The molecule has 0 unspecified atom stereocenters. The minimum absolute atomic E-state index is 0.456. The molecule has 0 bridgehead atoms. The number of rotatable bonds is 3. The van der Waals surface area contributed by atoms with Crippen molar-refractivity contribution in [2.75, 3.05) is 0 Å². The van der Waals surface area contributed by atoms with Gasteiger partial charge in [-0.3, -0.25) is 0 Å². The van der Waals surface area contributed by atoms with E-state index in [1.807, 2.05) is 55.5 Å². The van der Waals surface area contributed by atoms with Crippen LogP contribution in [0.25, 0.3) is 0 Å². The van der Waals surface area contributed by atoms with Crippen molar-refractivity contribution in [1.29, 1.82) is 5.26 Å². The molecule has 1 atom stereocenters. The van der Waals surface area contributed by atoms with Gasteiger partial charge in [0, 0.05) is 0 Å². The summed E-state index contributed by atoms with van der Waals surface area (Å²) >= 11 is 0. The van der Waals surface area contributed by atoms with Crippen LogP contribution < -0.4 is 0 Å². The Morgan fingerprint density at radius 1 is 0.941 bits per heavy atom. The molecule has 0 N–H and O–H groups in total. The zero-order chi connectivity index (χ0) is 12.1. The maximum atomic E-state index is 9.45. The number of benzene rings is 2. The van der Waals surface area contributed by atoms with E-state index in [2.05, 4.69) is 18.2 Å². The molecule has 0 aromatic heterocycles. The van der Waals surface area contributed by atoms with E-state index in [1.165, 1.54) is 5.56 Å². The molecule has 0 aliphatic carbocycles. The Balaban J connectivity index is 2.31. The number of hydrogen-bond donors (Lipinski definition) is 0. The third kappa shape index (κ3) is 2.54. The van der Waals surface area contributed by atoms with E-state index in [0.717, 1.165) is 12.0 Å². The van der Waals surface area contributed by atoms with E-state index >= 15 is 0 Å². The summed E-state index contributed by atoms with van der Waals surface area (Å²) in [4.78, 5) is 0. The second-order valence-electron chi connectivity index (χ2n) is 4.47. The molecule has 2 aromatic carbocycles. The molecule has 0 spiro atoms. The van der Waals surface area contributed by atoms with Gasteiger partial charge in [0.05, 0.1) is 11.5 Å². The van der Waals surface area contributed by atoms with Gasteiger partial charge in [-0.15, -0.1) is 0 Å². The van der Waals surface area contributed by atoms with Crippen LogP contribution in [-0.4, -0.2) is 0 Å². The molecule has 0 heterocycles. The highest BCUT2D eigenvalue weighted by Gasteiger charge is 2.26. The Morgan fingerprint density at radius 2 is 1.47 bits per heavy atom. The van der Waals surface area contributed by atoms with Crippen molar-refractivity contribution in [3.8, 4) is 6.07 Å². The topological polar surface area (TPSA) is 23.8 Å². The van der Waals surface area contributed by atoms with Crippen LogP contribution in [0.15, 0.2) is 60.7 Å². The Bertz CT molecular complexity index is 510. The molecule has 0 saturated heterocycles. The van der Waals surface area contributed by atoms with Crippen molar-refractivity contribution < 1.29 is 0 Å². The van der Waals surface area contributed by atoms with E-state index in [0.29, 0.717) is 0 Å². The average molecular weight is 221 g/mol. The number of nitriles is 1. The van der Waals surface area contributed by atoms with Crippen LogP contribution in [0, 0.1) is 11.3 Å². The lowest BCUT2D eigenvalue weighted by molar-refractivity contribution is 0.606. The molecule has 0 fully saturated rings. The molecule has 0 aliphatic rings. The van der Waals surface area contributed by atoms with Crippen LogP contribution in [0.4, 0.5) is 0 Å². The van der Waals surface area contributed by atoms with Gasteiger partial charge in [0.25, 0.3) is 0 Å². The van der Waals surface area contributed by atoms with E-state index in [1.54, 1.807) is 0 Å². The zero-order valence-electron chi connectivity index (χ0n) is 9.93. The maximum Gasteiger partial charge on any atom is 0.0834 e. The molecule has 0 radical (unpaired) electrons. The minimum atomic E-state index is -0.456. The molecule has 2 rings (SSSR count). The normalized spacial score (nSPS) is 13.6. The summed E-state index contributed by atoms with van der Waals surface area (Å²) in [6, 6.07) is 22.6. The summed E-state index contributed by atoms with van der Waals surface area (Å²) in [5.74, 6) is 0. The van der Waals surface area contributed by atoms with Crippen molar-refractivity contribution in [3.63, 3.8) is 0 Å². The Hall–Kier alpha value is -2.07. The van der Waals surface area contributed by atoms with Gasteiger partial charge in [0.15, 0.2) is 0 Å². The highest BCUT2D eigenvalue weighted by atomic mass is 14.4. The molecule has 1 heteroatoms. The lowest BCUT2D eigenvalue weighted by Crippen LogP contribution is -2.22. The van der Waals surface area contributed by atoms with Gasteiger partial charge < -0.3 is 0 Å². The fourth-order valence-corrected chi connectivity index (χ4v) is 2.02. The van der Waals surface area contributed by atoms with Gasteiger partial charge in [-0.25, -0.2) is 0 Å². The molecule has 17 heavy (non-hydrogen) atoms. The monoisotopic (exact) mass is 221 g/mol. The Morgan fingerprint density at radius 3 is 2.00 bits per heavy atom. The largest absolute Gasteiger partial charge is 0.197 e. The standard InChI is InChI=1S/C16H15N/c1-16(13-17,15-10-6-3-7-11-15)12-14-8-4-2-5-9-14/h2-11H,12H2,1H3/t16-/m0/s1. The first kappa shape index (κ1) is 11.4. The fourth-order valence-electron chi connectivity index (χ4n) is 2.02. The van der Waals surface area contributed by atoms with Crippen molar-refractivity contribution >= 4 is 0 Å². The third-order valence-electron chi connectivity index (χ3n) is 3.06. The summed E-state index contributed by atoms with van der Waals surface area (Å²) in [5.41, 5.74) is 1.81. The van der Waals surface area contributed by atoms with Gasteiger partial charge in [0.1, 0.15) is 0 Å². The summed E-state index contributed by atoms with van der Waals surface area (Å²) < 4.78 is 0. The second-order valence-corrected chi connectivity index (χ2v) is 4.47. The number of nitrogens with zero attached hydrogens (tertiary/aromatic N) is 1. The molecule has 0 aliphatic heterocycles. The zero-order valence-corrected chi connectivity index (χ0v) is 9.93. The minimum Gasteiger partial charge on any atom is -0.197 e. The van der Waals surface area contributed by atoms with Crippen molar-refractivity contribution in [2.45, 2.75) is 18.8 Å². The molecular formula is C16H15N. The van der Waals surface area contributed by atoms with Crippen LogP contribution in [0.2, 0.25) is 0 Å². The van der Waals surface area contributed by atoms with Gasteiger partial charge in [-0.2, -0.15) is 5.26 Å². The fraction of sp³-hybridized carbons (Fsp3) is 0.188. The van der Waals surface area contributed by atoms with E-state index in [4.69, 9.17) is 0 Å².